The highest BCUT2D eigenvalue weighted by Crippen LogP contribution is 2.33. The van der Waals surface area contributed by atoms with Gasteiger partial charge in [0.15, 0.2) is 0 Å². The van der Waals surface area contributed by atoms with E-state index in [4.69, 9.17) is 0 Å². The molecule has 3 rings (SSSR count). The first-order valence-electron chi connectivity index (χ1n) is 7.22. The van der Waals surface area contributed by atoms with Crippen LogP contribution in [0.25, 0.3) is 10.2 Å². The van der Waals surface area contributed by atoms with E-state index in [-0.39, 0.29) is 0 Å². The molecule has 0 saturated heterocycles. The predicted molar refractivity (Wildman–Crippen MR) is 83.2 cm³/mol. The molecular weight excluding hydrogens is 270 g/mol. The molecule has 2 heterocycles. The van der Waals surface area contributed by atoms with Crippen molar-refractivity contribution in [3.05, 3.63) is 17.3 Å². The molecule has 2 unspecified atom stereocenters. The third kappa shape index (κ3) is 2.65. The van der Waals surface area contributed by atoms with Gasteiger partial charge in [0, 0.05) is 6.54 Å². The molecule has 2 N–H and O–H groups in total. The summed E-state index contributed by atoms with van der Waals surface area (Å²) >= 11 is 1.66. The van der Waals surface area contributed by atoms with Crippen LogP contribution in [0.5, 0.6) is 0 Å². The molecule has 5 heteroatoms. The van der Waals surface area contributed by atoms with Gasteiger partial charge in [0.2, 0.25) is 0 Å². The van der Waals surface area contributed by atoms with Crippen LogP contribution < -0.4 is 5.32 Å². The molecule has 0 amide bonds. The number of aryl methyl sites for hydroxylation is 1. The van der Waals surface area contributed by atoms with E-state index in [9.17, 15) is 5.11 Å². The van der Waals surface area contributed by atoms with Gasteiger partial charge in [-0.15, -0.1) is 11.3 Å². The second-order valence-corrected chi connectivity index (χ2v) is 6.98. The van der Waals surface area contributed by atoms with Gasteiger partial charge in [0.05, 0.1) is 15.8 Å². The van der Waals surface area contributed by atoms with Crippen molar-refractivity contribution in [2.24, 2.45) is 5.92 Å². The second-order valence-electron chi connectivity index (χ2n) is 6.10. The first-order chi connectivity index (χ1) is 9.57. The van der Waals surface area contributed by atoms with E-state index in [2.05, 4.69) is 34.5 Å². The number of nitrogens with zero attached hydrogens (tertiary/aromatic N) is 2. The molecule has 2 aromatic heterocycles. The van der Waals surface area contributed by atoms with Crippen molar-refractivity contribution in [2.45, 2.75) is 45.1 Å². The zero-order valence-electron chi connectivity index (χ0n) is 12.0. The zero-order valence-corrected chi connectivity index (χ0v) is 12.8. The SMILES string of the molecule is Cc1csc2c(NCC3(O)CCCC(C)C3)ncnc12. The molecule has 0 aliphatic heterocycles. The minimum absolute atomic E-state index is 0.570. The van der Waals surface area contributed by atoms with Gasteiger partial charge < -0.3 is 10.4 Å². The molecule has 0 bridgehead atoms. The molecule has 2 aromatic rings. The van der Waals surface area contributed by atoms with Gasteiger partial charge in [-0.25, -0.2) is 9.97 Å². The largest absolute Gasteiger partial charge is 0.388 e. The van der Waals surface area contributed by atoms with Gasteiger partial charge in [-0.3, -0.25) is 0 Å². The molecule has 1 aliphatic rings. The van der Waals surface area contributed by atoms with E-state index in [1.165, 1.54) is 12.0 Å². The summed E-state index contributed by atoms with van der Waals surface area (Å²) in [5.74, 6) is 1.45. The average molecular weight is 291 g/mol. The maximum absolute atomic E-state index is 10.7. The van der Waals surface area contributed by atoms with Crippen molar-refractivity contribution in [1.82, 2.24) is 9.97 Å². The van der Waals surface area contributed by atoms with E-state index in [0.29, 0.717) is 12.5 Å². The average Bonchev–Trinajstić information content (AvgIpc) is 2.79. The Kier molecular flexibility index (Phi) is 3.65. The number of fused-ring (bicyclic) bond motifs is 1. The summed E-state index contributed by atoms with van der Waals surface area (Å²) < 4.78 is 1.08. The Morgan fingerprint density at radius 1 is 1.50 bits per heavy atom. The lowest BCUT2D eigenvalue weighted by molar-refractivity contribution is -0.000800. The summed E-state index contributed by atoms with van der Waals surface area (Å²) in [6.07, 6.45) is 5.68. The van der Waals surface area contributed by atoms with Gasteiger partial charge in [-0.1, -0.05) is 19.8 Å². The third-order valence-electron chi connectivity index (χ3n) is 4.18. The van der Waals surface area contributed by atoms with Crippen LogP contribution in [0.4, 0.5) is 5.82 Å². The lowest BCUT2D eigenvalue weighted by Gasteiger charge is -2.35. The first kappa shape index (κ1) is 13.8. The van der Waals surface area contributed by atoms with Crippen LogP contribution in [0.1, 0.15) is 38.2 Å². The van der Waals surface area contributed by atoms with Gasteiger partial charge in [-0.2, -0.15) is 0 Å². The van der Waals surface area contributed by atoms with Crippen molar-refractivity contribution in [2.75, 3.05) is 11.9 Å². The first-order valence-corrected chi connectivity index (χ1v) is 8.10. The van der Waals surface area contributed by atoms with Crippen LogP contribution in [0, 0.1) is 12.8 Å². The summed E-state index contributed by atoms with van der Waals surface area (Å²) in [7, 11) is 0. The van der Waals surface area contributed by atoms with Crippen molar-refractivity contribution < 1.29 is 5.11 Å². The quantitative estimate of drug-likeness (QED) is 0.910. The Hall–Kier alpha value is -1.20. The lowest BCUT2D eigenvalue weighted by Crippen LogP contribution is -2.41. The van der Waals surface area contributed by atoms with Crippen molar-refractivity contribution in [3.63, 3.8) is 0 Å². The highest BCUT2D eigenvalue weighted by Gasteiger charge is 2.32. The van der Waals surface area contributed by atoms with E-state index in [0.717, 1.165) is 35.3 Å². The summed E-state index contributed by atoms with van der Waals surface area (Å²) in [6, 6.07) is 0. The zero-order chi connectivity index (χ0) is 14.2. The standard InChI is InChI=1S/C15H21N3OS/c1-10-4-3-5-15(19,6-10)8-16-14-13-12(17-9-18-14)11(2)7-20-13/h7,9-10,19H,3-6,8H2,1-2H3,(H,16,17,18). The van der Waals surface area contributed by atoms with Crippen molar-refractivity contribution in [3.8, 4) is 0 Å². The number of aliphatic hydroxyl groups is 1. The molecule has 1 aliphatic carbocycles. The van der Waals surface area contributed by atoms with Crippen LogP contribution in [0.15, 0.2) is 11.7 Å². The highest BCUT2D eigenvalue weighted by molar-refractivity contribution is 7.18. The van der Waals surface area contributed by atoms with E-state index >= 15 is 0 Å². The minimum atomic E-state index is -0.596. The smallest absolute Gasteiger partial charge is 0.147 e. The fourth-order valence-corrected chi connectivity index (χ4v) is 4.10. The van der Waals surface area contributed by atoms with Crippen LogP contribution in [0.3, 0.4) is 0 Å². The van der Waals surface area contributed by atoms with Crippen molar-refractivity contribution >= 4 is 27.4 Å². The minimum Gasteiger partial charge on any atom is -0.388 e. The molecule has 0 aromatic carbocycles. The normalized spacial score (nSPS) is 26.9. The van der Waals surface area contributed by atoms with E-state index in [1.54, 1.807) is 17.7 Å². The number of anilines is 1. The Morgan fingerprint density at radius 2 is 2.35 bits per heavy atom. The lowest BCUT2D eigenvalue weighted by atomic mass is 9.79. The maximum atomic E-state index is 10.7. The Balaban J connectivity index is 1.77. The molecule has 0 radical (unpaired) electrons. The Bertz CT molecular complexity index is 612. The fraction of sp³-hybridized carbons (Fsp3) is 0.600. The number of thiophene rings is 1. The topological polar surface area (TPSA) is 58.0 Å². The van der Waals surface area contributed by atoms with E-state index < -0.39 is 5.60 Å². The van der Waals surface area contributed by atoms with Crippen LogP contribution in [0.2, 0.25) is 0 Å². The van der Waals surface area contributed by atoms with Gasteiger partial charge in [-0.05, 0) is 36.6 Å². The molecule has 20 heavy (non-hydrogen) atoms. The monoisotopic (exact) mass is 291 g/mol. The van der Waals surface area contributed by atoms with Crippen molar-refractivity contribution in [1.29, 1.82) is 0 Å². The van der Waals surface area contributed by atoms with Gasteiger partial charge >= 0.3 is 0 Å². The third-order valence-corrected chi connectivity index (χ3v) is 5.28. The second kappa shape index (κ2) is 5.30. The Morgan fingerprint density at radius 3 is 3.15 bits per heavy atom. The van der Waals surface area contributed by atoms with Crippen LogP contribution in [-0.2, 0) is 0 Å². The predicted octanol–water partition coefficient (Wildman–Crippen LogP) is 3.35. The number of rotatable bonds is 3. The highest BCUT2D eigenvalue weighted by atomic mass is 32.1. The summed E-state index contributed by atoms with van der Waals surface area (Å²) in [5, 5.41) is 16.1. The number of hydrogen-bond acceptors (Lipinski definition) is 5. The molecule has 2 atom stereocenters. The molecular formula is C15H21N3OS. The van der Waals surface area contributed by atoms with Gasteiger partial charge in [0.25, 0.3) is 0 Å². The number of aromatic nitrogens is 2. The number of hydrogen-bond donors (Lipinski definition) is 2. The summed E-state index contributed by atoms with van der Waals surface area (Å²) in [6.45, 7) is 4.85. The van der Waals surface area contributed by atoms with E-state index in [1.807, 2.05) is 0 Å². The van der Waals surface area contributed by atoms with Crippen LogP contribution >= 0.6 is 11.3 Å². The molecule has 0 spiro atoms. The molecule has 108 valence electrons. The maximum Gasteiger partial charge on any atom is 0.147 e. The summed E-state index contributed by atoms with van der Waals surface area (Å²) in [5.41, 5.74) is 1.60. The molecule has 1 fully saturated rings. The Labute approximate surface area is 123 Å². The molecule has 4 nitrogen and oxygen atoms in total. The van der Waals surface area contributed by atoms with Crippen LogP contribution in [-0.4, -0.2) is 27.2 Å². The fourth-order valence-electron chi connectivity index (χ4n) is 3.14. The summed E-state index contributed by atoms with van der Waals surface area (Å²) in [4.78, 5) is 8.65. The molecule has 1 saturated carbocycles. The number of nitrogens with one attached hydrogen (secondary N) is 1. The van der Waals surface area contributed by atoms with Gasteiger partial charge in [0.1, 0.15) is 12.1 Å².